The number of nitrogens with zero attached hydrogens (tertiary/aromatic N) is 1. The molecule has 2 rings (SSSR count). The van der Waals surface area contributed by atoms with Gasteiger partial charge in [-0.3, -0.25) is 9.89 Å². The molecule has 0 bridgehead atoms. The van der Waals surface area contributed by atoms with Gasteiger partial charge < -0.3 is 5.73 Å². The summed E-state index contributed by atoms with van der Waals surface area (Å²) in [4.78, 5) is 10.7. The third kappa shape index (κ3) is 2.93. The van der Waals surface area contributed by atoms with Crippen LogP contribution in [0.3, 0.4) is 0 Å². The number of amides is 1. The smallest absolute Gasteiger partial charge is 0.217 e. The SMILES string of the molecule is NC(=O)CCCc1[nH]ncc1-c1ccccc1. The number of nitrogens with one attached hydrogen (secondary N) is 1. The summed E-state index contributed by atoms with van der Waals surface area (Å²) in [6, 6.07) is 10.1. The van der Waals surface area contributed by atoms with E-state index in [1.165, 1.54) is 0 Å². The molecule has 0 saturated heterocycles. The fraction of sp³-hybridized carbons (Fsp3) is 0.231. The Morgan fingerprint density at radius 2 is 2.06 bits per heavy atom. The van der Waals surface area contributed by atoms with Crippen molar-refractivity contribution < 1.29 is 4.79 Å². The molecule has 4 nitrogen and oxygen atoms in total. The predicted octanol–water partition coefficient (Wildman–Crippen LogP) is 1.88. The molecule has 0 saturated carbocycles. The molecule has 1 aromatic heterocycles. The largest absolute Gasteiger partial charge is 0.370 e. The number of nitrogens with two attached hydrogens (primary N) is 1. The molecule has 2 aromatic rings. The van der Waals surface area contributed by atoms with Gasteiger partial charge in [0.05, 0.1) is 6.20 Å². The maximum absolute atomic E-state index is 10.7. The van der Waals surface area contributed by atoms with E-state index in [2.05, 4.69) is 10.2 Å². The van der Waals surface area contributed by atoms with Crippen molar-refractivity contribution in [2.45, 2.75) is 19.3 Å². The fourth-order valence-electron chi connectivity index (χ4n) is 1.81. The molecule has 0 atom stereocenters. The number of aromatic amines is 1. The number of H-pyrrole nitrogens is 1. The molecule has 0 aliphatic heterocycles. The second-order valence-corrected chi connectivity index (χ2v) is 3.95. The molecular formula is C13H15N3O. The van der Waals surface area contributed by atoms with Crippen molar-refractivity contribution in [3.63, 3.8) is 0 Å². The van der Waals surface area contributed by atoms with E-state index in [1.807, 2.05) is 36.5 Å². The summed E-state index contributed by atoms with van der Waals surface area (Å²) in [5, 5.41) is 7.03. The Hall–Kier alpha value is -2.10. The number of carbonyl (C=O) groups excluding carboxylic acids is 1. The Kier molecular flexibility index (Phi) is 3.55. The van der Waals surface area contributed by atoms with Crippen LogP contribution in [0.1, 0.15) is 18.5 Å². The first kappa shape index (κ1) is 11.4. The van der Waals surface area contributed by atoms with Crippen molar-refractivity contribution in [1.82, 2.24) is 10.2 Å². The topological polar surface area (TPSA) is 71.8 Å². The summed E-state index contributed by atoms with van der Waals surface area (Å²) in [6.45, 7) is 0. The van der Waals surface area contributed by atoms with Crippen molar-refractivity contribution in [2.75, 3.05) is 0 Å². The van der Waals surface area contributed by atoms with Crippen molar-refractivity contribution >= 4 is 5.91 Å². The molecule has 88 valence electrons. The maximum Gasteiger partial charge on any atom is 0.217 e. The average molecular weight is 229 g/mol. The minimum absolute atomic E-state index is 0.259. The monoisotopic (exact) mass is 229 g/mol. The van der Waals surface area contributed by atoms with Crippen LogP contribution in [0.2, 0.25) is 0 Å². The zero-order chi connectivity index (χ0) is 12.1. The third-order valence-electron chi connectivity index (χ3n) is 2.65. The maximum atomic E-state index is 10.7. The highest BCUT2D eigenvalue weighted by molar-refractivity contribution is 5.73. The van der Waals surface area contributed by atoms with E-state index in [0.29, 0.717) is 6.42 Å². The van der Waals surface area contributed by atoms with Crippen LogP contribution >= 0.6 is 0 Å². The lowest BCUT2D eigenvalue weighted by molar-refractivity contribution is -0.118. The van der Waals surface area contributed by atoms with Gasteiger partial charge in [-0.2, -0.15) is 5.10 Å². The number of aromatic nitrogens is 2. The van der Waals surface area contributed by atoms with Crippen LogP contribution in [0.15, 0.2) is 36.5 Å². The lowest BCUT2D eigenvalue weighted by Gasteiger charge is -2.02. The number of aryl methyl sites for hydroxylation is 1. The molecule has 4 heteroatoms. The Bertz CT molecular complexity index is 490. The molecule has 0 aliphatic rings. The highest BCUT2D eigenvalue weighted by Crippen LogP contribution is 2.22. The van der Waals surface area contributed by atoms with Crippen molar-refractivity contribution in [3.8, 4) is 11.1 Å². The molecule has 1 heterocycles. The van der Waals surface area contributed by atoms with Crippen molar-refractivity contribution in [3.05, 3.63) is 42.2 Å². The van der Waals surface area contributed by atoms with Crippen LogP contribution < -0.4 is 5.73 Å². The van der Waals surface area contributed by atoms with E-state index < -0.39 is 0 Å². The van der Waals surface area contributed by atoms with Crippen LogP contribution in [0.5, 0.6) is 0 Å². The summed E-state index contributed by atoms with van der Waals surface area (Å²) in [7, 11) is 0. The summed E-state index contributed by atoms with van der Waals surface area (Å²) in [6.07, 6.45) is 3.76. The number of benzene rings is 1. The van der Waals surface area contributed by atoms with E-state index in [4.69, 9.17) is 5.73 Å². The quantitative estimate of drug-likeness (QED) is 0.821. The Morgan fingerprint density at radius 1 is 1.29 bits per heavy atom. The van der Waals surface area contributed by atoms with Gasteiger partial charge in [0.25, 0.3) is 0 Å². The van der Waals surface area contributed by atoms with Gasteiger partial charge in [-0.05, 0) is 18.4 Å². The Morgan fingerprint density at radius 3 is 2.76 bits per heavy atom. The lowest BCUT2D eigenvalue weighted by Crippen LogP contribution is -2.10. The van der Waals surface area contributed by atoms with E-state index >= 15 is 0 Å². The van der Waals surface area contributed by atoms with E-state index in [9.17, 15) is 4.79 Å². The van der Waals surface area contributed by atoms with Crippen molar-refractivity contribution in [2.24, 2.45) is 5.73 Å². The molecule has 0 spiro atoms. The number of primary amides is 1. The highest BCUT2D eigenvalue weighted by atomic mass is 16.1. The predicted molar refractivity (Wildman–Crippen MR) is 66.2 cm³/mol. The van der Waals surface area contributed by atoms with E-state index in [-0.39, 0.29) is 5.91 Å². The van der Waals surface area contributed by atoms with Crippen LogP contribution in [-0.4, -0.2) is 16.1 Å². The molecule has 0 unspecified atom stereocenters. The number of carbonyl (C=O) groups is 1. The van der Waals surface area contributed by atoms with Crippen LogP contribution in [0.25, 0.3) is 11.1 Å². The van der Waals surface area contributed by atoms with Gasteiger partial charge in [-0.1, -0.05) is 30.3 Å². The molecule has 1 aromatic carbocycles. The lowest BCUT2D eigenvalue weighted by atomic mass is 10.0. The van der Waals surface area contributed by atoms with Gasteiger partial charge in [0.2, 0.25) is 5.91 Å². The summed E-state index contributed by atoms with van der Waals surface area (Å²) in [5.74, 6) is -0.259. The first-order valence-electron chi connectivity index (χ1n) is 5.63. The molecular weight excluding hydrogens is 214 g/mol. The Balaban J connectivity index is 2.10. The summed E-state index contributed by atoms with van der Waals surface area (Å²) >= 11 is 0. The normalized spacial score (nSPS) is 10.4. The molecule has 1 amide bonds. The number of hydrogen-bond acceptors (Lipinski definition) is 2. The second kappa shape index (κ2) is 5.30. The van der Waals surface area contributed by atoms with E-state index in [0.717, 1.165) is 29.7 Å². The molecule has 0 fully saturated rings. The Labute approximate surface area is 99.8 Å². The minimum atomic E-state index is -0.259. The van der Waals surface area contributed by atoms with Gasteiger partial charge in [-0.15, -0.1) is 0 Å². The second-order valence-electron chi connectivity index (χ2n) is 3.95. The minimum Gasteiger partial charge on any atom is -0.370 e. The van der Waals surface area contributed by atoms with Gasteiger partial charge in [-0.25, -0.2) is 0 Å². The van der Waals surface area contributed by atoms with Crippen molar-refractivity contribution in [1.29, 1.82) is 0 Å². The fourth-order valence-corrected chi connectivity index (χ4v) is 1.81. The number of rotatable bonds is 5. The van der Waals surface area contributed by atoms with Gasteiger partial charge in [0.15, 0.2) is 0 Å². The molecule has 3 N–H and O–H groups in total. The van der Waals surface area contributed by atoms with Crippen LogP contribution in [0.4, 0.5) is 0 Å². The van der Waals surface area contributed by atoms with Crippen LogP contribution in [-0.2, 0) is 11.2 Å². The zero-order valence-corrected chi connectivity index (χ0v) is 9.52. The summed E-state index contributed by atoms with van der Waals surface area (Å²) < 4.78 is 0. The van der Waals surface area contributed by atoms with Gasteiger partial charge in [0.1, 0.15) is 0 Å². The molecule has 0 aliphatic carbocycles. The third-order valence-corrected chi connectivity index (χ3v) is 2.65. The first-order valence-corrected chi connectivity index (χ1v) is 5.63. The standard InChI is InChI=1S/C13H15N3O/c14-13(17)8-4-7-12-11(9-15-16-12)10-5-2-1-3-6-10/h1-3,5-6,9H,4,7-8H2,(H2,14,17)(H,15,16). The number of hydrogen-bond donors (Lipinski definition) is 2. The van der Waals surface area contributed by atoms with Gasteiger partial charge in [0, 0.05) is 17.7 Å². The van der Waals surface area contributed by atoms with Crippen LogP contribution in [0, 0.1) is 0 Å². The highest BCUT2D eigenvalue weighted by Gasteiger charge is 2.07. The first-order chi connectivity index (χ1) is 8.27. The zero-order valence-electron chi connectivity index (χ0n) is 9.52. The summed E-state index contributed by atoms with van der Waals surface area (Å²) in [5.41, 5.74) is 8.40. The van der Waals surface area contributed by atoms with Gasteiger partial charge >= 0.3 is 0 Å². The molecule has 0 radical (unpaired) electrons. The molecule has 17 heavy (non-hydrogen) atoms. The average Bonchev–Trinajstić information content (AvgIpc) is 2.78. The van der Waals surface area contributed by atoms with E-state index in [1.54, 1.807) is 0 Å².